The molecular weight excluding hydrogens is 266 g/mol. The zero-order valence-corrected chi connectivity index (χ0v) is 13.2. The minimum absolute atomic E-state index is 0.0361. The van der Waals surface area contributed by atoms with Gasteiger partial charge in [0.15, 0.2) is 0 Å². The average Bonchev–Trinajstić information content (AvgIpc) is 2.91. The molecule has 2 rings (SSSR count). The second kappa shape index (κ2) is 8.08. The highest BCUT2D eigenvalue weighted by Crippen LogP contribution is 2.13. The zero-order valence-electron chi connectivity index (χ0n) is 13.2. The van der Waals surface area contributed by atoms with Crippen LogP contribution < -0.4 is 5.32 Å². The number of hydrogen-bond acceptors (Lipinski definition) is 2. The van der Waals surface area contributed by atoms with Crippen LogP contribution in [-0.2, 0) is 18.2 Å². The third-order valence-electron chi connectivity index (χ3n) is 3.93. The molecule has 0 spiro atoms. The number of rotatable bonds is 6. The van der Waals surface area contributed by atoms with Crippen LogP contribution in [0.4, 0.5) is 4.79 Å². The third kappa shape index (κ3) is 4.77. The molecule has 0 saturated carbocycles. The number of urea groups is 1. The van der Waals surface area contributed by atoms with Gasteiger partial charge in [0.1, 0.15) is 0 Å². The van der Waals surface area contributed by atoms with Gasteiger partial charge in [0.25, 0.3) is 0 Å². The summed E-state index contributed by atoms with van der Waals surface area (Å²) in [6, 6.07) is 4.15. The lowest BCUT2D eigenvalue weighted by atomic mass is 10.1. The molecule has 1 aromatic rings. The lowest BCUT2D eigenvalue weighted by molar-refractivity contribution is 0.0101. The first-order chi connectivity index (χ1) is 10.2. The monoisotopic (exact) mass is 293 g/mol. The molecule has 1 saturated heterocycles. The quantitative estimate of drug-likeness (QED) is 0.874. The molecule has 1 aromatic heterocycles. The van der Waals surface area contributed by atoms with E-state index in [1.165, 1.54) is 5.69 Å². The largest absolute Gasteiger partial charge is 0.376 e. The van der Waals surface area contributed by atoms with Crippen molar-refractivity contribution in [2.24, 2.45) is 7.05 Å². The predicted octanol–water partition coefficient (Wildman–Crippen LogP) is 2.17. The maximum Gasteiger partial charge on any atom is 0.317 e. The van der Waals surface area contributed by atoms with E-state index in [-0.39, 0.29) is 12.1 Å². The number of ether oxygens (including phenoxy) is 1. The standard InChI is InChI=1S/C16H27N3O2/c1-3-12-21-15-7-5-11-19(13-15)16(20)17-9-8-14-6-4-10-18(14)2/h4,6,10,15H,3,5,7-9,11-13H2,1-2H3,(H,17,20). The molecule has 1 N–H and O–H groups in total. The smallest absolute Gasteiger partial charge is 0.317 e. The Morgan fingerprint density at radius 2 is 2.38 bits per heavy atom. The predicted molar refractivity (Wildman–Crippen MR) is 83.4 cm³/mol. The molecule has 118 valence electrons. The Morgan fingerprint density at radius 1 is 1.52 bits per heavy atom. The van der Waals surface area contributed by atoms with Gasteiger partial charge < -0.3 is 19.5 Å². The number of nitrogens with one attached hydrogen (secondary N) is 1. The van der Waals surface area contributed by atoms with E-state index in [2.05, 4.69) is 22.9 Å². The van der Waals surface area contributed by atoms with Crippen LogP contribution in [0.3, 0.4) is 0 Å². The fraction of sp³-hybridized carbons (Fsp3) is 0.688. The van der Waals surface area contributed by atoms with Crippen molar-refractivity contribution in [1.29, 1.82) is 0 Å². The highest BCUT2D eigenvalue weighted by atomic mass is 16.5. The van der Waals surface area contributed by atoms with Crippen molar-refractivity contribution in [2.75, 3.05) is 26.2 Å². The number of amides is 2. The zero-order chi connectivity index (χ0) is 15.1. The molecule has 5 nitrogen and oxygen atoms in total. The van der Waals surface area contributed by atoms with Crippen LogP contribution in [0.15, 0.2) is 18.3 Å². The van der Waals surface area contributed by atoms with Crippen molar-refractivity contribution in [1.82, 2.24) is 14.8 Å². The molecule has 21 heavy (non-hydrogen) atoms. The number of carbonyl (C=O) groups is 1. The van der Waals surface area contributed by atoms with Crippen molar-refractivity contribution in [3.05, 3.63) is 24.0 Å². The molecule has 5 heteroatoms. The van der Waals surface area contributed by atoms with Gasteiger partial charge in [0, 0.05) is 51.6 Å². The lowest BCUT2D eigenvalue weighted by Gasteiger charge is -2.32. The van der Waals surface area contributed by atoms with Crippen molar-refractivity contribution in [2.45, 2.75) is 38.7 Å². The van der Waals surface area contributed by atoms with E-state index in [4.69, 9.17) is 4.74 Å². The highest BCUT2D eigenvalue weighted by Gasteiger charge is 2.23. The first-order valence-corrected chi connectivity index (χ1v) is 7.95. The van der Waals surface area contributed by atoms with Gasteiger partial charge in [-0.25, -0.2) is 4.79 Å². The lowest BCUT2D eigenvalue weighted by Crippen LogP contribution is -2.48. The van der Waals surface area contributed by atoms with Gasteiger partial charge in [-0.05, 0) is 31.4 Å². The summed E-state index contributed by atoms with van der Waals surface area (Å²) >= 11 is 0. The van der Waals surface area contributed by atoms with Gasteiger partial charge in [-0.1, -0.05) is 6.92 Å². The third-order valence-corrected chi connectivity index (χ3v) is 3.93. The Labute approximate surface area is 127 Å². The SMILES string of the molecule is CCCOC1CCCN(C(=O)NCCc2cccn2C)C1. The van der Waals surface area contributed by atoms with Gasteiger partial charge in [-0.2, -0.15) is 0 Å². The number of nitrogens with zero attached hydrogens (tertiary/aromatic N) is 2. The molecule has 1 unspecified atom stereocenters. The van der Waals surface area contributed by atoms with Crippen molar-refractivity contribution >= 4 is 6.03 Å². The van der Waals surface area contributed by atoms with Gasteiger partial charge in [-0.15, -0.1) is 0 Å². The Morgan fingerprint density at radius 3 is 3.10 bits per heavy atom. The molecular formula is C16H27N3O2. The molecule has 2 heterocycles. The number of aromatic nitrogens is 1. The normalized spacial score (nSPS) is 18.8. The summed E-state index contributed by atoms with van der Waals surface area (Å²) in [6.07, 6.45) is 6.21. The van der Waals surface area contributed by atoms with Gasteiger partial charge in [0.05, 0.1) is 6.10 Å². The molecule has 0 aromatic carbocycles. The van der Waals surface area contributed by atoms with E-state index in [1.54, 1.807) is 0 Å². The van der Waals surface area contributed by atoms with Crippen LogP contribution in [-0.4, -0.2) is 47.8 Å². The summed E-state index contributed by atoms with van der Waals surface area (Å²) in [5, 5.41) is 3.01. The van der Waals surface area contributed by atoms with E-state index in [0.717, 1.165) is 45.4 Å². The maximum atomic E-state index is 12.2. The highest BCUT2D eigenvalue weighted by molar-refractivity contribution is 5.74. The molecule has 1 aliphatic rings. The van der Waals surface area contributed by atoms with Gasteiger partial charge in [0.2, 0.25) is 0 Å². The van der Waals surface area contributed by atoms with E-state index >= 15 is 0 Å². The molecule has 0 aliphatic carbocycles. The van der Waals surface area contributed by atoms with Crippen LogP contribution in [0.2, 0.25) is 0 Å². The number of likely N-dealkylation sites (tertiary alicyclic amines) is 1. The number of hydrogen-bond donors (Lipinski definition) is 1. The molecule has 1 fully saturated rings. The van der Waals surface area contributed by atoms with Crippen molar-refractivity contribution in [3.63, 3.8) is 0 Å². The molecule has 0 radical (unpaired) electrons. The van der Waals surface area contributed by atoms with Crippen LogP contribution in [0.25, 0.3) is 0 Å². The van der Waals surface area contributed by atoms with E-state index < -0.39 is 0 Å². The van der Waals surface area contributed by atoms with E-state index in [0.29, 0.717) is 6.54 Å². The molecule has 0 bridgehead atoms. The second-order valence-electron chi connectivity index (χ2n) is 5.67. The number of piperidine rings is 1. The summed E-state index contributed by atoms with van der Waals surface area (Å²) in [4.78, 5) is 14.1. The first kappa shape index (κ1) is 15.9. The van der Waals surface area contributed by atoms with Gasteiger partial charge in [-0.3, -0.25) is 0 Å². The van der Waals surface area contributed by atoms with Gasteiger partial charge >= 0.3 is 6.03 Å². The molecule has 2 amide bonds. The fourth-order valence-electron chi connectivity index (χ4n) is 2.71. The summed E-state index contributed by atoms with van der Waals surface area (Å²) in [7, 11) is 2.03. The Bertz CT molecular complexity index is 444. The fourth-order valence-corrected chi connectivity index (χ4v) is 2.71. The van der Waals surface area contributed by atoms with Crippen LogP contribution in [0, 0.1) is 0 Å². The molecule has 1 aliphatic heterocycles. The average molecular weight is 293 g/mol. The second-order valence-corrected chi connectivity index (χ2v) is 5.67. The Balaban J connectivity index is 1.71. The molecule has 1 atom stereocenters. The summed E-state index contributed by atoms with van der Waals surface area (Å²) in [6.45, 7) is 5.12. The number of aryl methyl sites for hydroxylation is 1. The Hall–Kier alpha value is -1.49. The van der Waals surface area contributed by atoms with Crippen LogP contribution in [0.5, 0.6) is 0 Å². The first-order valence-electron chi connectivity index (χ1n) is 7.95. The summed E-state index contributed by atoms with van der Waals surface area (Å²) in [5.41, 5.74) is 1.23. The minimum Gasteiger partial charge on any atom is -0.376 e. The van der Waals surface area contributed by atoms with Crippen LogP contribution >= 0.6 is 0 Å². The van der Waals surface area contributed by atoms with Crippen molar-refractivity contribution < 1.29 is 9.53 Å². The number of carbonyl (C=O) groups excluding carboxylic acids is 1. The van der Waals surface area contributed by atoms with E-state index in [1.807, 2.05) is 24.2 Å². The maximum absolute atomic E-state index is 12.2. The topological polar surface area (TPSA) is 46.5 Å². The van der Waals surface area contributed by atoms with Crippen molar-refractivity contribution in [3.8, 4) is 0 Å². The Kier molecular flexibility index (Phi) is 6.11. The van der Waals surface area contributed by atoms with E-state index in [9.17, 15) is 4.79 Å². The summed E-state index contributed by atoms with van der Waals surface area (Å²) < 4.78 is 7.85. The van der Waals surface area contributed by atoms with Crippen LogP contribution in [0.1, 0.15) is 31.9 Å². The summed E-state index contributed by atoms with van der Waals surface area (Å²) in [5.74, 6) is 0. The minimum atomic E-state index is 0.0361.